The Morgan fingerprint density at radius 1 is 1.13 bits per heavy atom. The maximum Gasteiger partial charge on any atom is 0.233 e. The van der Waals surface area contributed by atoms with Gasteiger partial charge in [-0.25, -0.2) is 0 Å². The van der Waals surface area contributed by atoms with Crippen molar-refractivity contribution in [2.75, 3.05) is 26.5 Å². The number of para-hydroxylation sites is 1. The first-order valence-corrected chi connectivity index (χ1v) is 11.2. The molecule has 0 bridgehead atoms. The van der Waals surface area contributed by atoms with Gasteiger partial charge >= 0.3 is 0 Å². The van der Waals surface area contributed by atoms with Gasteiger partial charge < -0.3 is 14.4 Å². The van der Waals surface area contributed by atoms with Crippen LogP contribution in [0.3, 0.4) is 0 Å². The van der Waals surface area contributed by atoms with Crippen molar-refractivity contribution in [3.8, 4) is 17.2 Å². The van der Waals surface area contributed by atoms with Crippen LogP contribution in [0.4, 0.5) is 0 Å². The number of aryl methyl sites for hydroxylation is 1. The Hall–Kier alpha value is -3.00. The monoisotopic (exact) mass is 438 g/mol. The highest BCUT2D eigenvalue weighted by molar-refractivity contribution is 7.99. The van der Waals surface area contributed by atoms with E-state index in [9.17, 15) is 4.79 Å². The molecule has 0 unspecified atom stereocenters. The van der Waals surface area contributed by atoms with Crippen LogP contribution in [0.15, 0.2) is 53.7 Å². The van der Waals surface area contributed by atoms with E-state index in [1.165, 1.54) is 11.8 Å². The predicted molar refractivity (Wildman–Crippen MR) is 120 cm³/mol. The first kappa shape index (κ1) is 21.2. The number of carbonyl (C=O) groups excluding carboxylic acids is 1. The van der Waals surface area contributed by atoms with Crippen LogP contribution in [0, 0.1) is 6.92 Å². The molecule has 0 aliphatic carbocycles. The number of likely N-dealkylation sites (tertiary alicyclic amines) is 1. The van der Waals surface area contributed by atoms with Gasteiger partial charge in [0.1, 0.15) is 17.3 Å². The van der Waals surface area contributed by atoms with Gasteiger partial charge in [-0.2, -0.15) is 0 Å². The lowest BCUT2D eigenvalue weighted by atomic mass is 10.0. The van der Waals surface area contributed by atoms with E-state index in [2.05, 4.69) is 10.2 Å². The van der Waals surface area contributed by atoms with Crippen LogP contribution in [0.1, 0.15) is 30.3 Å². The second kappa shape index (κ2) is 9.43. The number of nitrogens with zero attached hydrogens (tertiary/aromatic N) is 4. The number of carbonyl (C=O) groups is 1. The molecule has 0 spiro atoms. The van der Waals surface area contributed by atoms with Crippen LogP contribution in [0.5, 0.6) is 11.5 Å². The van der Waals surface area contributed by atoms with E-state index in [0.29, 0.717) is 10.9 Å². The van der Waals surface area contributed by atoms with Crippen molar-refractivity contribution >= 4 is 17.7 Å². The zero-order valence-electron chi connectivity index (χ0n) is 17.9. The molecule has 0 radical (unpaired) electrons. The largest absolute Gasteiger partial charge is 0.497 e. The van der Waals surface area contributed by atoms with Gasteiger partial charge in [-0.1, -0.05) is 30.0 Å². The van der Waals surface area contributed by atoms with Crippen molar-refractivity contribution in [3.63, 3.8) is 0 Å². The molecule has 0 saturated carbocycles. The summed E-state index contributed by atoms with van der Waals surface area (Å²) in [6.07, 6.45) is 1.86. The summed E-state index contributed by atoms with van der Waals surface area (Å²) in [7, 11) is 3.30. The zero-order valence-corrected chi connectivity index (χ0v) is 18.8. The highest BCUT2D eigenvalue weighted by Gasteiger charge is 2.32. The Morgan fingerprint density at radius 3 is 2.68 bits per heavy atom. The fraction of sp³-hybridized carbons (Fsp3) is 0.348. The van der Waals surface area contributed by atoms with Crippen LogP contribution in [0.2, 0.25) is 0 Å². The lowest BCUT2D eigenvalue weighted by molar-refractivity contribution is -0.129. The number of ether oxygens (including phenoxy) is 2. The summed E-state index contributed by atoms with van der Waals surface area (Å²) in [6, 6.07) is 15.7. The summed E-state index contributed by atoms with van der Waals surface area (Å²) in [5.74, 6) is 2.71. The van der Waals surface area contributed by atoms with Crippen molar-refractivity contribution in [2.24, 2.45) is 0 Å². The fourth-order valence-electron chi connectivity index (χ4n) is 4.01. The van der Waals surface area contributed by atoms with Crippen LogP contribution in [-0.4, -0.2) is 52.1 Å². The van der Waals surface area contributed by atoms with Crippen molar-refractivity contribution in [1.82, 2.24) is 19.7 Å². The number of hydrogen-bond acceptors (Lipinski definition) is 6. The molecule has 2 heterocycles. The molecule has 31 heavy (non-hydrogen) atoms. The number of methoxy groups -OCH3 is 2. The minimum absolute atomic E-state index is 0.0214. The second-order valence-electron chi connectivity index (χ2n) is 7.34. The fourth-order valence-corrected chi connectivity index (χ4v) is 4.89. The summed E-state index contributed by atoms with van der Waals surface area (Å²) in [6.45, 7) is 2.65. The second-order valence-corrected chi connectivity index (χ2v) is 8.28. The summed E-state index contributed by atoms with van der Waals surface area (Å²) < 4.78 is 12.9. The van der Waals surface area contributed by atoms with E-state index in [1.807, 2.05) is 64.9 Å². The van der Waals surface area contributed by atoms with Gasteiger partial charge in [0.05, 0.1) is 26.0 Å². The first-order valence-electron chi connectivity index (χ1n) is 10.2. The number of benzene rings is 2. The van der Waals surface area contributed by atoms with Gasteiger partial charge in [-0.05, 0) is 50.1 Å². The molecule has 4 rings (SSSR count). The SMILES string of the molecule is COc1ccc(OC)c([C@H]2CCCN2C(=O)CSc2nnc(C)n2-c2ccccc2)c1. The lowest BCUT2D eigenvalue weighted by Crippen LogP contribution is -2.32. The van der Waals surface area contributed by atoms with Crippen LogP contribution in [-0.2, 0) is 4.79 Å². The Balaban J connectivity index is 1.51. The van der Waals surface area contributed by atoms with E-state index in [4.69, 9.17) is 9.47 Å². The van der Waals surface area contributed by atoms with E-state index in [-0.39, 0.29) is 11.9 Å². The number of thioether (sulfide) groups is 1. The molecule has 1 atom stereocenters. The molecule has 1 amide bonds. The number of rotatable bonds is 7. The maximum atomic E-state index is 13.2. The van der Waals surface area contributed by atoms with Crippen LogP contribution in [0.25, 0.3) is 5.69 Å². The van der Waals surface area contributed by atoms with Gasteiger partial charge in [-0.3, -0.25) is 9.36 Å². The van der Waals surface area contributed by atoms with Gasteiger partial charge in [0.25, 0.3) is 0 Å². The average Bonchev–Trinajstić information content (AvgIpc) is 3.44. The molecule has 8 heteroatoms. The molecule has 1 saturated heterocycles. The minimum Gasteiger partial charge on any atom is -0.497 e. The normalized spacial score (nSPS) is 15.8. The maximum absolute atomic E-state index is 13.2. The lowest BCUT2D eigenvalue weighted by Gasteiger charge is -2.26. The minimum atomic E-state index is -0.0214. The molecular formula is C23H26N4O3S. The Kier molecular flexibility index (Phi) is 6.46. The van der Waals surface area contributed by atoms with E-state index in [0.717, 1.165) is 48.0 Å². The van der Waals surface area contributed by atoms with E-state index < -0.39 is 0 Å². The molecule has 2 aromatic carbocycles. The molecular weight excluding hydrogens is 412 g/mol. The van der Waals surface area contributed by atoms with Crippen LogP contribution >= 0.6 is 11.8 Å². The molecule has 3 aromatic rings. The van der Waals surface area contributed by atoms with Gasteiger partial charge in [0.15, 0.2) is 5.16 Å². The third kappa shape index (κ3) is 4.39. The highest BCUT2D eigenvalue weighted by atomic mass is 32.2. The molecule has 0 N–H and O–H groups in total. The van der Waals surface area contributed by atoms with Crippen LogP contribution < -0.4 is 9.47 Å². The standard InChI is InChI=1S/C23H26N4O3S/c1-16-24-25-23(27(16)17-8-5-4-6-9-17)31-15-22(28)26-13-7-10-20(26)19-14-18(29-2)11-12-21(19)30-3/h4-6,8-9,11-12,14,20H,7,10,13,15H2,1-3H3/t20-/m1/s1. The summed E-state index contributed by atoms with van der Waals surface area (Å²) in [4.78, 5) is 15.1. The Morgan fingerprint density at radius 2 is 1.94 bits per heavy atom. The zero-order chi connectivity index (χ0) is 21.8. The molecule has 162 valence electrons. The summed E-state index contributed by atoms with van der Waals surface area (Å²) in [5.41, 5.74) is 1.97. The molecule has 1 aliphatic rings. The van der Waals surface area contributed by atoms with Crippen molar-refractivity contribution in [3.05, 3.63) is 59.9 Å². The third-order valence-corrected chi connectivity index (χ3v) is 6.42. The smallest absolute Gasteiger partial charge is 0.233 e. The predicted octanol–water partition coefficient (Wildman–Crippen LogP) is 4.05. The molecule has 1 fully saturated rings. The highest BCUT2D eigenvalue weighted by Crippen LogP contribution is 2.39. The summed E-state index contributed by atoms with van der Waals surface area (Å²) in [5, 5.41) is 9.21. The molecule has 7 nitrogen and oxygen atoms in total. The van der Waals surface area contributed by atoms with Crippen molar-refractivity contribution < 1.29 is 14.3 Å². The number of aromatic nitrogens is 3. The summed E-state index contributed by atoms with van der Waals surface area (Å²) >= 11 is 1.41. The Labute approximate surface area is 186 Å². The first-order chi connectivity index (χ1) is 15.1. The number of hydrogen-bond donors (Lipinski definition) is 0. The molecule has 1 aliphatic heterocycles. The average molecular weight is 439 g/mol. The molecule has 1 aromatic heterocycles. The third-order valence-electron chi connectivity index (χ3n) is 5.50. The van der Waals surface area contributed by atoms with Crippen molar-refractivity contribution in [1.29, 1.82) is 0 Å². The van der Waals surface area contributed by atoms with E-state index in [1.54, 1.807) is 14.2 Å². The number of amides is 1. The van der Waals surface area contributed by atoms with Gasteiger partial charge in [0, 0.05) is 17.8 Å². The quantitative estimate of drug-likeness (QED) is 0.519. The van der Waals surface area contributed by atoms with Gasteiger partial charge in [0.2, 0.25) is 5.91 Å². The Bertz CT molecular complexity index is 1050. The van der Waals surface area contributed by atoms with Gasteiger partial charge in [-0.15, -0.1) is 10.2 Å². The van der Waals surface area contributed by atoms with E-state index >= 15 is 0 Å². The van der Waals surface area contributed by atoms with Crippen molar-refractivity contribution in [2.45, 2.75) is 31.0 Å². The topological polar surface area (TPSA) is 69.5 Å².